The number of nitrogens with one attached hydrogen (secondary N) is 2. The molecule has 0 aliphatic heterocycles. The number of nitrogens with zero attached hydrogens (tertiary/aromatic N) is 1. The quantitative estimate of drug-likeness (QED) is 0.416. The van der Waals surface area contributed by atoms with Gasteiger partial charge in [-0.15, -0.1) is 0 Å². The zero-order chi connectivity index (χ0) is 22.3. The van der Waals surface area contributed by atoms with E-state index in [0.717, 1.165) is 0 Å². The Bertz CT molecular complexity index is 948. The van der Waals surface area contributed by atoms with Crippen LogP contribution in [-0.4, -0.2) is 35.8 Å². The second-order valence-electron chi connectivity index (χ2n) is 6.72. The van der Waals surface area contributed by atoms with Crippen LogP contribution in [0.3, 0.4) is 0 Å². The maximum atomic E-state index is 12.5. The Labute approximate surface area is 185 Å². The van der Waals surface area contributed by atoms with Gasteiger partial charge in [-0.25, -0.2) is 5.43 Å². The summed E-state index contributed by atoms with van der Waals surface area (Å²) in [6, 6.07) is 8.67. The molecule has 3 N–H and O–H groups in total. The van der Waals surface area contributed by atoms with Crippen LogP contribution in [0, 0.1) is 5.92 Å². The standard InChI is InChI=1S/C21H23Cl2N3O4/c1-4-30-17-9-13(8-16(23)19(17)27)11-24-26-21(29)18(12(2)3)25-20(28)14-6-5-7-15(22)10-14/h5-12,18,27H,4H2,1-3H3,(H,25,28)(H,26,29)/b24-11+. The molecular formula is C21H23Cl2N3O4. The van der Waals surface area contributed by atoms with E-state index < -0.39 is 17.9 Å². The minimum Gasteiger partial charge on any atom is -0.503 e. The van der Waals surface area contributed by atoms with E-state index >= 15 is 0 Å². The molecule has 0 aromatic heterocycles. The van der Waals surface area contributed by atoms with Crippen molar-refractivity contribution >= 4 is 41.2 Å². The summed E-state index contributed by atoms with van der Waals surface area (Å²) in [5, 5.41) is 17.0. The molecule has 1 unspecified atom stereocenters. The van der Waals surface area contributed by atoms with E-state index in [1.165, 1.54) is 18.3 Å². The third-order valence-corrected chi connectivity index (χ3v) is 4.58. The Morgan fingerprint density at radius 1 is 1.23 bits per heavy atom. The molecule has 0 saturated heterocycles. The van der Waals surface area contributed by atoms with Crippen LogP contribution >= 0.6 is 23.2 Å². The maximum Gasteiger partial charge on any atom is 0.262 e. The number of hydrogen-bond acceptors (Lipinski definition) is 5. The zero-order valence-electron chi connectivity index (χ0n) is 16.8. The number of hydrazone groups is 1. The van der Waals surface area contributed by atoms with Crippen LogP contribution in [0.1, 0.15) is 36.7 Å². The number of phenols is 1. The first-order valence-corrected chi connectivity index (χ1v) is 10.0. The topological polar surface area (TPSA) is 100 Å². The normalized spacial score (nSPS) is 12.1. The SMILES string of the molecule is CCOc1cc(/C=N/NC(=O)C(NC(=O)c2cccc(Cl)c2)C(C)C)cc(Cl)c1O. The monoisotopic (exact) mass is 451 g/mol. The van der Waals surface area contributed by atoms with Crippen LogP contribution in [0.4, 0.5) is 0 Å². The predicted molar refractivity (Wildman–Crippen MR) is 118 cm³/mol. The Kier molecular flexibility index (Phi) is 8.50. The lowest BCUT2D eigenvalue weighted by Gasteiger charge is -2.20. The van der Waals surface area contributed by atoms with Crippen molar-refractivity contribution in [2.24, 2.45) is 11.0 Å². The molecule has 2 aromatic rings. The predicted octanol–water partition coefficient (Wildman–Crippen LogP) is 4.00. The molecule has 160 valence electrons. The zero-order valence-corrected chi connectivity index (χ0v) is 18.3. The van der Waals surface area contributed by atoms with Crippen molar-refractivity contribution in [3.63, 3.8) is 0 Å². The first kappa shape index (κ1) is 23.5. The highest BCUT2D eigenvalue weighted by atomic mass is 35.5. The highest BCUT2D eigenvalue weighted by Gasteiger charge is 2.24. The molecule has 0 heterocycles. The summed E-state index contributed by atoms with van der Waals surface area (Å²) in [4.78, 5) is 25.0. The lowest BCUT2D eigenvalue weighted by molar-refractivity contribution is -0.123. The van der Waals surface area contributed by atoms with E-state index in [-0.39, 0.29) is 22.4 Å². The molecule has 0 aliphatic carbocycles. The summed E-state index contributed by atoms with van der Waals surface area (Å²) in [7, 11) is 0. The number of halogens is 2. The second kappa shape index (κ2) is 10.8. The van der Waals surface area contributed by atoms with Crippen molar-refractivity contribution in [2.45, 2.75) is 26.8 Å². The summed E-state index contributed by atoms with van der Waals surface area (Å²) >= 11 is 11.9. The van der Waals surface area contributed by atoms with E-state index in [9.17, 15) is 14.7 Å². The minimum absolute atomic E-state index is 0.0996. The Morgan fingerprint density at radius 3 is 2.60 bits per heavy atom. The van der Waals surface area contributed by atoms with E-state index in [1.54, 1.807) is 45.0 Å². The van der Waals surface area contributed by atoms with Crippen molar-refractivity contribution < 1.29 is 19.4 Å². The van der Waals surface area contributed by atoms with Crippen molar-refractivity contribution in [3.8, 4) is 11.5 Å². The number of rotatable bonds is 8. The molecule has 0 fully saturated rings. The van der Waals surface area contributed by atoms with Gasteiger partial charge in [0.15, 0.2) is 11.5 Å². The third kappa shape index (κ3) is 6.37. The lowest BCUT2D eigenvalue weighted by Crippen LogP contribution is -2.48. The van der Waals surface area contributed by atoms with Gasteiger partial charge in [-0.05, 0) is 48.7 Å². The fraction of sp³-hybridized carbons (Fsp3) is 0.286. The highest BCUT2D eigenvalue weighted by Crippen LogP contribution is 2.34. The third-order valence-electron chi connectivity index (χ3n) is 4.06. The largest absolute Gasteiger partial charge is 0.503 e. The number of carbonyl (C=O) groups excluding carboxylic acids is 2. The molecule has 2 rings (SSSR count). The van der Waals surface area contributed by atoms with Crippen molar-refractivity contribution in [1.82, 2.24) is 10.7 Å². The number of hydrogen-bond donors (Lipinski definition) is 3. The van der Waals surface area contributed by atoms with Gasteiger partial charge >= 0.3 is 0 Å². The first-order chi connectivity index (χ1) is 14.2. The Balaban J connectivity index is 2.07. The van der Waals surface area contributed by atoms with Gasteiger partial charge in [0.25, 0.3) is 11.8 Å². The van der Waals surface area contributed by atoms with Crippen LogP contribution < -0.4 is 15.5 Å². The molecule has 30 heavy (non-hydrogen) atoms. The molecule has 9 heteroatoms. The molecule has 0 spiro atoms. The van der Waals surface area contributed by atoms with Crippen LogP contribution in [0.25, 0.3) is 0 Å². The van der Waals surface area contributed by atoms with Crippen molar-refractivity contribution in [1.29, 1.82) is 0 Å². The van der Waals surface area contributed by atoms with Gasteiger partial charge in [0.2, 0.25) is 0 Å². The number of phenolic OH excluding ortho intramolecular Hbond substituents is 1. The molecule has 0 saturated carbocycles. The van der Waals surface area contributed by atoms with Crippen molar-refractivity contribution in [2.75, 3.05) is 6.61 Å². The van der Waals surface area contributed by atoms with Gasteiger partial charge in [0.05, 0.1) is 17.8 Å². The van der Waals surface area contributed by atoms with Crippen LogP contribution in [0.5, 0.6) is 11.5 Å². The average Bonchev–Trinajstić information content (AvgIpc) is 2.69. The molecule has 0 radical (unpaired) electrons. The maximum absolute atomic E-state index is 12.5. The molecule has 0 bridgehead atoms. The highest BCUT2D eigenvalue weighted by molar-refractivity contribution is 6.32. The van der Waals surface area contributed by atoms with Crippen LogP contribution in [-0.2, 0) is 4.79 Å². The Morgan fingerprint density at radius 2 is 1.97 bits per heavy atom. The molecule has 2 aromatic carbocycles. The van der Waals surface area contributed by atoms with Gasteiger partial charge in [0, 0.05) is 10.6 Å². The molecule has 7 nitrogen and oxygen atoms in total. The fourth-order valence-electron chi connectivity index (χ4n) is 2.56. The van der Waals surface area contributed by atoms with Crippen LogP contribution in [0.2, 0.25) is 10.0 Å². The summed E-state index contributed by atoms with van der Waals surface area (Å²) in [5.41, 5.74) is 3.28. The number of ether oxygens (including phenoxy) is 1. The number of benzene rings is 2. The van der Waals surface area contributed by atoms with Gasteiger partial charge in [-0.3, -0.25) is 9.59 Å². The first-order valence-electron chi connectivity index (χ1n) is 9.27. The lowest BCUT2D eigenvalue weighted by atomic mass is 10.0. The van der Waals surface area contributed by atoms with Crippen molar-refractivity contribution in [3.05, 3.63) is 57.6 Å². The average molecular weight is 452 g/mol. The van der Waals surface area contributed by atoms with Gasteiger partial charge in [-0.1, -0.05) is 43.1 Å². The van der Waals surface area contributed by atoms with E-state index in [1.807, 2.05) is 0 Å². The number of amides is 2. The summed E-state index contributed by atoms with van der Waals surface area (Å²) in [6.45, 7) is 5.74. The van der Waals surface area contributed by atoms with Crippen LogP contribution in [0.15, 0.2) is 41.5 Å². The minimum atomic E-state index is -0.809. The second-order valence-corrected chi connectivity index (χ2v) is 7.57. The van der Waals surface area contributed by atoms with E-state index in [4.69, 9.17) is 27.9 Å². The number of carbonyl (C=O) groups is 2. The molecule has 1 atom stereocenters. The van der Waals surface area contributed by atoms with Gasteiger partial charge in [-0.2, -0.15) is 5.10 Å². The Hall–Kier alpha value is -2.77. The molecular weight excluding hydrogens is 429 g/mol. The number of aromatic hydroxyl groups is 1. The van der Waals surface area contributed by atoms with E-state index in [2.05, 4.69) is 15.8 Å². The van der Waals surface area contributed by atoms with Gasteiger partial charge < -0.3 is 15.2 Å². The molecule has 2 amide bonds. The summed E-state index contributed by atoms with van der Waals surface area (Å²) in [5.74, 6) is -1.03. The molecule has 0 aliphatic rings. The summed E-state index contributed by atoms with van der Waals surface area (Å²) < 4.78 is 5.31. The van der Waals surface area contributed by atoms with Gasteiger partial charge in [0.1, 0.15) is 6.04 Å². The smallest absolute Gasteiger partial charge is 0.262 e. The fourth-order valence-corrected chi connectivity index (χ4v) is 2.97. The summed E-state index contributed by atoms with van der Waals surface area (Å²) in [6.07, 6.45) is 1.36. The van der Waals surface area contributed by atoms with E-state index in [0.29, 0.717) is 22.8 Å².